The van der Waals surface area contributed by atoms with Crippen molar-refractivity contribution < 1.29 is 33.1 Å². The molecule has 0 saturated carbocycles. The van der Waals surface area contributed by atoms with Gasteiger partial charge in [-0.05, 0) is 31.1 Å². The number of hydrogen-bond acceptors (Lipinski definition) is 6. The monoisotopic (exact) mass is 336 g/mol. The zero-order chi connectivity index (χ0) is 15.3. The van der Waals surface area contributed by atoms with Gasteiger partial charge in [0, 0.05) is 0 Å². The van der Waals surface area contributed by atoms with Crippen LogP contribution in [0.25, 0.3) is 0 Å². The van der Waals surface area contributed by atoms with Gasteiger partial charge in [0.05, 0.1) is 5.60 Å². The summed E-state index contributed by atoms with van der Waals surface area (Å²) in [4.78, 5) is 17.6. The highest BCUT2D eigenvalue weighted by molar-refractivity contribution is 8.08. The lowest BCUT2D eigenvalue weighted by molar-refractivity contribution is -0.161. The largest absolute Gasteiger partial charge is 0.476 e. The molecule has 0 radical (unpaired) electrons. The minimum Gasteiger partial charge on any atom is -0.302 e. The summed E-state index contributed by atoms with van der Waals surface area (Å²) in [6.45, 7) is 3.64. The van der Waals surface area contributed by atoms with Crippen molar-refractivity contribution in [3.63, 3.8) is 0 Å². The average Bonchev–Trinajstić information content (AvgIpc) is 2.28. The third kappa shape index (κ3) is 6.29. The molecular weight excluding hydrogens is 314 g/mol. The van der Waals surface area contributed by atoms with Gasteiger partial charge >= 0.3 is 14.5 Å². The van der Waals surface area contributed by atoms with Crippen LogP contribution in [0.15, 0.2) is 0 Å². The normalized spacial score (nSPS) is 19.2. The molecule has 0 heterocycles. The quantitative estimate of drug-likeness (QED) is 0.334. The minimum absolute atomic E-state index is 0.0929. The zero-order valence-electron chi connectivity index (χ0n) is 11.5. The Morgan fingerprint density at radius 1 is 1.26 bits per heavy atom. The molecule has 2 unspecified atom stereocenters. The average molecular weight is 336 g/mol. The van der Waals surface area contributed by atoms with Crippen molar-refractivity contribution in [2.75, 3.05) is 0 Å². The maximum atomic E-state index is 10.9. The molecule has 0 aliphatic carbocycles. The third-order valence-corrected chi connectivity index (χ3v) is 6.69. The van der Waals surface area contributed by atoms with E-state index in [9.17, 15) is 4.57 Å². The highest BCUT2D eigenvalue weighted by atomic mass is 32.5. The second-order valence-corrected chi connectivity index (χ2v) is 8.59. The third-order valence-electron chi connectivity index (χ3n) is 3.18. The molecule has 0 spiro atoms. The summed E-state index contributed by atoms with van der Waals surface area (Å²) in [6.07, 6.45) is 2.11. The first kappa shape index (κ1) is 19.6. The Kier molecular flexibility index (Phi) is 7.85. The second-order valence-electron chi connectivity index (χ2n) is 4.37. The predicted octanol–water partition coefficient (Wildman–Crippen LogP) is 3.43. The van der Waals surface area contributed by atoms with E-state index < -0.39 is 20.1 Å². The van der Waals surface area contributed by atoms with Gasteiger partial charge in [0.2, 0.25) is 0 Å². The van der Waals surface area contributed by atoms with Crippen molar-refractivity contribution in [1.82, 2.24) is 0 Å². The first-order chi connectivity index (χ1) is 8.55. The molecule has 0 saturated heterocycles. The van der Waals surface area contributed by atoms with Gasteiger partial charge in [-0.1, -0.05) is 33.6 Å². The summed E-state index contributed by atoms with van der Waals surface area (Å²) in [5, 5.41) is 8.79. The van der Waals surface area contributed by atoms with E-state index >= 15 is 0 Å². The van der Waals surface area contributed by atoms with E-state index in [1.165, 1.54) is 0 Å². The standard InChI is InChI=1S/C9H22O7P2S/c1-5-8(6-2)9(4,7-3)14-18(19,15-10)16-17(11,12)13/h8,10H,5-7H2,1-4H3,(H2,11,12,13). The van der Waals surface area contributed by atoms with Gasteiger partial charge in [-0.25, -0.2) is 14.1 Å². The van der Waals surface area contributed by atoms with Crippen molar-refractivity contribution in [2.24, 2.45) is 5.92 Å². The van der Waals surface area contributed by atoms with Crippen LogP contribution >= 0.6 is 14.5 Å². The van der Waals surface area contributed by atoms with E-state index in [2.05, 4.69) is 8.99 Å². The fraction of sp³-hybridized carbons (Fsp3) is 1.00. The Bertz CT molecular complexity index is 368. The van der Waals surface area contributed by atoms with E-state index in [0.717, 1.165) is 12.8 Å². The minimum atomic E-state index is -4.91. The summed E-state index contributed by atoms with van der Waals surface area (Å²) in [6, 6.07) is 0. The van der Waals surface area contributed by atoms with Crippen LogP contribution in [0.2, 0.25) is 0 Å². The van der Waals surface area contributed by atoms with E-state index in [4.69, 9.17) is 31.4 Å². The SMILES string of the molecule is CCC(CC)C(C)(CC)OP(=S)(OO)OP(=O)(O)O. The molecule has 0 aliphatic heterocycles. The smallest absolute Gasteiger partial charge is 0.302 e. The Morgan fingerprint density at radius 3 is 2.00 bits per heavy atom. The lowest BCUT2D eigenvalue weighted by Crippen LogP contribution is -2.36. The van der Waals surface area contributed by atoms with Crippen LogP contribution in [0.5, 0.6) is 0 Å². The first-order valence-electron chi connectivity index (χ1n) is 5.96. The molecule has 0 amide bonds. The van der Waals surface area contributed by atoms with Crippen molar-refractivity contribution in [1.29, 1.82) is 0 Å². The molecular formula is C9H22O7P2S. The Hall–Kier alpha value is 0.640. The van der Waals surface area contributed by atoms with Gasteiger partial charge in [-0.15, -0.1) is 0 Å². The van der Waals surface area contributed by atoms with E-state index in [1.54, 1.807) is 6.92 Å². The molecule has 0 rings (SSSR count). The van der Waals surface area contributed by atoms with Crippen LogP contribution in [0, 0.1) is 5.92 Å². The number of hydrogen-bond donors (Lipinski definition) is 3. The molecule has 19 heavy (non-hydrogen) atoms. The molecule has 0 bridgehead atoms. The molecule has 116 valence electrons. The summed E-state index contributed by atoms with van der Waals surface area (Å²) in [5.41, 5.74) is -0.795. The van der Waals surface area contributed by atoms with Crippen LogP contribution in [-0.2, 0) is 29.9 Å². The van der Waals surface area contributed by atoms with Crippen molar-refractivity contribution in [3.05, 3.63) is 0 Å². The van der Waals surface area contributed by atoms with Gasteiger partial charge in [-0.2, -0.15) is 4.67 Å². The maximum Gasteiger partial charge on any atom is 0.476 e. The lowest BCUT2D eigenvalue weighted by atomic mass is 9.83. The Morgan fingerprint density at radius 2 is 1.74 bits per heavy atom. The van der Waals surface area contributed by atoms with Crippen LogP contribution in [0.4, 0.5) is 0 Å². The van der Waals surface area contributed by atoms with Gasteiger partial charge < -0.3 is 14.3 Å². The Balaban J connectivity index is 5.21. The Labute approximate surface area is 118 Å². The van der Waals surface area contributed by atoms with Gasteiger partial charge in [-0.3, -0.25) is 0 Å². The molecule has 10 heteroatoms. The molecule has 0 aromatic rings. The molecule has 7 nitrogen and oxygen atoms in total. The number of rotatable bonds is 9. The van der Waals surface area contributed by atoms with Crippen molar-refractivity contribution >= 4 is 26.3 Å². The van der Waals surface area contributed by atoms with Crippen LogP contribution < -0.4 is 0 Å². The molecule has 0 aliphatic rings. The summed E-state index contributed by atoms with van der Waals surface area (Å²) in [7, 11) is -4.91. The highest BCUT2D eigenvalue weighted by Crippen LogP contribution is 2.63. The van der Waals surface area contributed by atoms with Gasteiger partial charge in [0.15, 0.2) is 0 Å². The molecule has 0 aromatic carbocycles. The predicted molar refractivity (Wildman–Crippen MR) is 75.0 cm³/mol. The van der Waals surface area contributed by atoms with Crippen molar-refractivity contribution in [2.45, 2.75) is 52.6 Å². The van der Waals surface area contributed by atoms with Gasteiger partial charge in [0.1, 0.15) is 0 Å². The molecule has 2 atom stereocenters. The number of phosphoric acid groups is 1. The summed E-state index contributed by atoms with van der Waals surface area (Å²) in [5.74, 6) is 0.0929. The van der Waals surface area contributed by atoms with Crippen LogP contribution in [0.1, 0.15) is 47.0 Å². The van der Waals surface area contributed by atoms with E-state index in [-0.39, 0.29) is 5.92 Å². The second kappa shape index (κ2) is 7.59. The highest BCUT2D eigenvalue weighted by Gasteiger charge is 2.41. The summed E-state index contributed by atoms with van der Waals surface area (Å²) < 4.78 is 24.6. The van der Waals surface area contributed by atoms with Crippen LogP contribution in [0.3, 0.4) is 0 Å². The maximum absolute atomic E-state index is 10.9. The zero-order valence-corrected chi connectivity index (χ0v) is 14.1. The van der Waals surface area contributed by atoms with E-state index in [0.29, 0.717) is 6.42 Å². The summed E-state index contributed by atoms with van der Waals surface area (Å²) >= 11 is 4.78. The van der Waals surface area contributed by atoms with Gasteiger partial charge in [0.25, 0.3) is 0 Å². The lowest BCUT2D eigenvalue weighted by Gasteiger charge is -2.38. The van der Waals surface area contributed by atoms with Crippen LogP contribution in [-0.4, -0.2) is 20.6 Å². The molecule has 0 fully saturated rings. The first-order valence-corrected chi connectivity index (χ1v) is 10.0. The molecule has 3 N–H and O–H groups in total. The fourth-order valence-corrected chi connectivity index (χ4v) is 5.42. The fourth-order valence-electron chi connectivity index (χ4n) is 2.01. The topological polar surface area (TPSA) is 105 Å². The van der Waals surface area contributed by atoms with Crippen molar-refractivity contribution in [3.8, 4) is 0 Å². The van der Waals surface area contributed by atoms with E-state index in [1.807, 2.05) is 20.8 Å². The molecule has 0 aromatic heterocycles.